The quantitative estimate of drug-likeness (QED) is 0.666. The van der Waals surface area contributed by atoms with Crippen LogP contribution in [0.25, 0.3) is 0 Å². The van der Waals surface area contributed by atoms with Crippen LogP contribution in [0.5, 0.6) is 0 Å². The number of nitrogens with one attached hydrogen (secondary N) is 1. The van der Waals surface area contributed by atoms with Crippen molar-refractivity contribution in [1.82, 2.24) is 0 Å². The van der Waals surface area contributed by atoms with E-state index < -0.39 is 41.1 Å². The summed E-state index contributed by atoms with van der Waals surface area (Å²) in [5.74, 6) is -6.36. The van der Waals surface area contributed by atoms with E-state index in [2.05, 4.69) is 0 Å². The van der Waals surface area contributed by atoms with Crippen molar-refractivity contribution < 1.29 is 27.5 Å². The molecular weight excluding hydrogens is 347 g/mol. The van der Waals surface area contributed by atoms with Crippen LogP contribution in [0.2, 0.25) is 5.02 Å². The third kappa shape index (κ3) is 4.05. The average Bonchev–Trinajstić information content (AvgIpc) is 2.55. The number of esters is 1. The topological polar surface area (TPSA) is 55.4 Å². The summed E-state index contributed by atoms with van der Waals surface area (Å²) in [6.45, 7) is 1.25. The first-order chi connectivity index (χ1) is 11.3. The van der Waals surface area contributed by atoms with Crippen LogP contribution in [-0.2, 0) is 9.53 Å². The molecule has 0 saturated heterocycles. The third-order valence-corrected chi connectivity index (χ3v) is 3.24. The number of carbonyl (C=O) groups is 2. The van der Waals surface area contributed by atoms with Gasteiger partial charge in [0.2, 0.25) is 0 Å². The van der Waals surface area contributed by atoms with Crippen LogP contribution in [0.1, 0.15) is 17.3 Å². The van der Waals surface area contributed by atoms with Crippen LogP contribution in [0.3, 0.4) is 0 Å². The lowest BCUT2D eigenvalue weighted by Gasteiger charge is -2.14. The zero-order valence-corrected chi connectivity index (χ0v) is 13.0. The largest absolute Gasteiger partial charge is 0.449 e. The Morgan fingerprint density at radius 3 is 2.50 bits per heavy atom. The lowest BCUT2D eigenvalue weighted by atomic mass is 10.2. The van der Waals surface area contributed by atoms with Gasteiger partial charge in [0.15, 0.2) is 23.6 Å². The first-order valence-corrected chi connectivity index (χ1v) is 7.08. The minimum Gasteiger partial charge on any atom is -0.449 e. The molecule has 0 bridgehead atoms. The highest BCUT2D eigenvalue weighted by molar-refractivity contribution is 6.30. The minimum absolute atomic E-state index is 0.126. The van der Waals surface area contributed by atoms with E-state index in [1.54, 1.807) is 6.07 Å². The zero-order valence-electron chi connectivity index (χ0n) is 12.3. The van der Waals surface area contributed by atoms with Crippen molar-refractivity contribution in [1.29, 1.82) is 0 Å². The van der Waals surface area contributed by atoms with Gasteiger partial charge in [0.1, 0.15) is 0 Å². The maximum absolute atomic E-state index is 13.5. The number of anilines is 1. The van der Waals surface area contributed by atoms with E-state index in [1.807, 2.05) is 5.32 Å². The molecule has 1 amide bonds. The van der Waals surface area contributed by atoms with Crippen molar-refractivity contribution in [3.8, 4) is 0 Å². The molecule has 1 N–H and O–H groups in total. The fourth-order valence-corrected chi connectivity index (χ4v) is 1.94. The van der Waals surface area contributed by atoms with E-state index in [-0.39, 0.29) is 5.56 Å². The lowest BCUT2D eigenvalue weighted by Crippen LogP contribution is -2.30. The van der Waals surface area contributed by atoms with E-state index in [4.69, 9.17) is 16.3 Å². The highest BCUT2D eigenvalue weighted by Gasteiger charge is 2.22. The summed E-state index contributed by atoms with van der Waals surface area (Å²) in [4.78, 5) is 23.8. The van der Waals surface area contributed by atoms with Gasteiger partial charge in [0.25, 0.3) is 5.91 Å². The molecule has 0 unspecified atom stereocenters. The Hall–Kier alpha value is -2.54. The van der Waals surface area contributed by atoms with Gasteiger partial charge < -0.3 is 10.1 Å². The molecule has 0 radical (unpaired) electrons. The molecule has 24 heavy (non-hydrogen) atoms. The summed E-state index contributed by atoms with van der Waals surface area (Å²) >= 11 is 5.75. The van der Waals surface area contributed by atoms with Crippen LogP contribution >= 0.6 is 11.6 Å². The summed E-state index contributed by atoms with van der Waals surface area (Å²) in [6.07, 6.45) is -1.30. The highest BCUT2D eigenvalue weighted by Crippen LogP contribution is 2.20. The second-order valence-corrected chi connectivity index (χ2v) is 5.21. The van der Waals surface area contributed by atoms with Crippen LogP contribution in [0.15, 0.2) is 36.4 Å². The van der Waals surface area contributed by atoms with Crippen LogP contribution in [0.4, 0.5) is 18.9 Å². The number of amides is 1. The van der Waals surface area contributed by atoms with E-state index in [0.29, 0.717) is 11.1 Å². The molecule has 1 atom stereocenters. The van der Waals surface area contributed by atoms with Crippen LogP contribution < -0.4 is 5.32 Å². The number of hydrogen-bond donors (Lipinski definition) is 1. The van der Waals surface area contributed by atoms with Gasteiger partial charge in [-0.1, -0.05) is 17.7 Å². The van der Waals surface area contributed by atoms with Gasteiger partial charge in [-0.05, 0) is 37.3 Å². The number of benzene rings is 2. The van der Waals surface area contributed by atoms with Gasteiger partial charge in [-0.2, -0.15) is 0 Å². The summed E-state index contributed by atoms with van der Waals surface area (Å²) in [7, 11) is 0. The van der Waals surface area contributed by atoms with E-state index in [0.717, 1.165) is 6.07 Å². The van der Waals surface area contributed by atoms with Crippen LogP contribution in [0, 0.1) is 17.5 Å². The van der Waals surface area contributed by atoms with E-state index in [1.165, 1.54) is 25.1 Å². The first-order valence-electron chi connectivity index (χ1n) is 6.70. The summed E-state index contributed by atoms with van der Waals surface area (Å²) in [6, 6.07) is 7.39. The van der Waals surface area contributed by atoms with Crippen molar-refractivity contribution in [3.63, 3.8) is 0 Å². The van der Waals surface area contributed by atoms with Crippen molar-refractivity contribution in [2.75, 3.05) is 5.32 Å². The molecular formula is C16H11ClF3NO3. The molecule has 0 aliphatic carbocycles. The Balaban J connectivity index is 2.05. The zero-order chi connectivity index (χ0) is 17.9. The SMILES string of the molecule is C[C@@H](OC(=O)c1cccc(Cl)c1)C(=O)Nc1ccc(F)c(F)c1F. The summed E-state index contributed by atoms with van der Waals surface area (Å²) in [5.41, 5.74) is -0.439. The molecule has 0 spiro atoms. The van der Waals surface area contributed by atoms with E-state index in [9.17, 15) is 22.8 Å². The second kappa shape index (κ2) is 7.35. The van der Waals surface area contributed by atoms with Gasteiger partial charge in [-0.3, -0.25) is 4.79 Å². The summed E-state index contributed by atoms with van der Waals surface area (Å²) < 4.78 is 44.4. The molecule has 2 rings (SSSR count). The first kappa shape index (κ1) is 17.8. The molecule has 2 aromatic rings. The van der Waals surface area contributed by atoms with Gasteiger partial charge >= 0.3 is 5.97 Å². The maximum atomic E-state index is 13.5. The standard InChI is InChI=1S/C16H11ClF3NO3/c1-8(24-16(23)9-3-2-4-10(17)7-9)15(22)21-12-6-5-11(18)13(19)14(12)20/h2-8H,1H3,(H,21,22)/t8-/m1/s1. The van der Waals surface area contributed by atoms with Gasteiger partial charge in [-0.25, -0.2) is 18.0 Å². The average molecular weight is 358 g/mol. The lowest BCUT2D eigenvalue weighted by molar-refractivity contribution is -0.123. The Labute approximate surface area is 140 Å². The van der Waals surface area contributed by atoms with Crippen molar-refractivity contribution in [2.24, 2.45) is 0 Å². The van der Waals surface area contributed by atoms with Gasteiger partial charge in [0.05, 0.1) is 11.3 Å². The number of halogens is 4. The Bertz CT molecular complexity index is 798. The monoisotopic (exact) mass is 357 g/mol. The number of hydrogen-bond acceptors (Lipinski definition) is 3. The molecule has 126 valence electrons. The molecule has 0 aliphatic rings. The molecule has 0 aromatic heterocycles. The molecule has 0 heterocycles. The fraction of sp³-hybridized carbons (Fsp3) is 0.125. The number of rotatable bonds is 4. The minimum atomic E-state index is -1.71. The van der Waals surface area contributed by atoms with Crippen LogP contribution in [-0.4, -0.2) is 18.0 Å². The maximum Gasteiger partial charge on any atom is 0.338 e. The molecule has 8 heteroatoms. The van der Waals surface area contributed by atoms with Crippen molar-refractivity contribution >= 4 is 29.2 Å². The predicted octanol–water partition coefficient (Wildman–Crippen LogP) is 3.94. The predicted molar refractivity (Wildman–Crippen MR) is 81.3 cm³/mol. The molecule has 0 fully saturated rings. The highest BCUT2D eigenvalue weighted by atomic mass is 35.5. The number of ether oxygens (including phenoxy) is 1. The Morgan fingerprint density at radius 1 is 1.12 bits per heavy atom. The van der Waals surface area contributed by atoms with Gasteiger partial charge in [-0.15, -0.1) is 0 Å². The normalized spacial score (nSPS) is 11.7. The van der Waals surface area contributed by atoms with E-state index >= 15 is 0 Å². The fourth-order valence-electron chi connectivity index (χ4n) is 1.75. The molecule has 4 nitrogen and oxygen atoms in total. The molecule has 0 aliphatic heterocycles. The number of carbonyl (C=O) groups excluding carboxylic acids is 2. The Kier molecular flexibility index (Phi) is 5.46. The summed E-state index contributed by atoms with van der Waals surface area (Å²) in [5, 5.41) is 2.33. The molecule has 0 saturated carbocycles. The smallest absolute Gasteiger partial charge is 0.338 e. The van der Waals surface area contributed by atoms with Crippen molar-refractivity contribution in [2.45, 2.75) is 13.0 Å². The van der Waals surface area contributed by atoms with Crippen molar-refractivity contribution in [3.05, 3.63) is 64.4 Å². The molecule has 2 aromatic carbocycles. The van der Waals surface area contributed by atoms with Gasteiger partial charge in [0, 0.05) is 5.02 Å². The third-order valence-electron chi connectivity index (χ3n) is 3.01. The Morgan fingerprint density at radius 2 is 1.83 bits per heavy atom. The second-order valence-electron chi connectivity index (χ2n) is 4.77.